The van der Waals surface area contributed by atoms with Crippen LogP contribution in [0.2, 0.25) is 0 Å². The molecule has 0 aliphatic carbocycles. The van der Waals surface area contributed by atoms with Crippen LogP contribution in [-0.2, 0) is 0 Å². The highest BCUT2D eigenvalue weighted by Gasteiger charge is 2.02. The summed E-state index contributed by atoms with van der Waals surface area (Å²) in [5.74, 6) is 7.57. The first-order valence-corrected chi connectivity index (χ1v) is 13.9. The van der Waals surface area contributed by atoms with Gasteiger partial charge in [0.1, 0.15) is 0 Å². The molecule has 0 amide bonds. The SMILES string of the molecule is [CH2]CCCCC#CCCCCC(C)CCCCCCCCCCCCCCCC[CH2]. The molecule has 0 bridgehead atoms. The minimum absolute atomic E-state index is 0.911. The fraction of sp³-hybridized carbons (Fsp3) is 0.867. The van der Waals surface area contributed by atoms with Crippen LogP contribution in [0.25, 0.3) is 0 Å². The monoisotopic (exact) mass is 416 g/mol. The second kappa shape index (κ2) is 26.6. The van der Waals surface area contributed by atoms with Crippen molar-refractivity contribution in [3.05, 3.63) is 13.8 Å². The number of unbranched alkanes of at least 4 members (excludes halogenated alkanes) is 19. The molecule has 0 spiro atoms. The lowest BCUT2D eigenvalue weighted by Gasteiger charge is -2.10. The first kappa shape index (κ1) is 29.6. The molecular weight excluding hydrogens is 360 g/mol. The molecule has 176 valence electrons. The lowest BCUT2D eigenvalue weighted by Crippen LogP contribution is -1.95. The van der Waals surface area contributed by atoms with Gasteiger partial charge in [0.05, 0.1) is 0 Å². The van der Waals surface area contributed by atoms with Crippen LogP contribution in [0.4, 0.5) is 0 Å². The molecule has 0 fully saturated rings. The molecule has 1 atom stereocenters. The topological polar surface area (TPSA) is 0 Å². The zero-order valence-corrected chi connectivity index (χ0v) is 21.0. The van der Waals surface area contributed by atoms with Gasteiger partial charge in [-0.1, -0.05) is 149 Å². The summed E-state index contributed by atoms with van der Waals surface area (Å²) >= 11 is 0. The molecule has 0 aliphatic rings. The predicted octanol–water partition coefficient (Wildman–Crippen LogP) is 10.7. The Hall–Kier alpha value is -0.440. The van der Waals surface area contributed by atoms with E-state index in [0.29, 0.717) is 0 Å². The van der Waals surface area contributed by atoms with Gasteiger partial charge in [0, 0.05) is 12.8 Å². The lowest BCUT2D eigenvalue weighted by atomic mass is 9.96. The summed E-state index contributed by atoms with van der Waals surface area (Å²) in [6.07, 6.45) is 32.5. The van der Waals surface area contributed by atoms with E-state index in [-0.39, 0.29) is 0 Å². The molecule has 0 aromatic carbocycles. The Morgan fingerprint density at radius 2 is 0.733 bits per heavy atom. The van der Waals surface area contributed by atoms with Gasteiger partial charge in [-0.2, -0.15) is 0 Å². The first-order valence-electron chi connectivity index (χ1n) is 13.9. The van der Waals surface area contributed by atoms with Gasteiger partial charge in [0.15, 0.2) is 0 Å². The van der Waals surface area contributed by atoms with Crippen LogP contribution in [-0.4, -0.2) is 0 Å². The molecule has 2 radical (unpaired) electrons. The third-order valence-electron chi connectivity index (χ3n) is 6.37. The Morgan fingerprint density at radius 3 is 1.17 bits per heavy atom. The molecule has 0 saturated heterocycles. The standard InChI is InChI=1S/C30H56/c1-4-6-8-10-12-14-15-16-17-18-19-21-23-25-27-29-30(3)28-26-24-22-20-13-11-9-7-5-2/h30H,1-2,4-12,14-19,21-29H2,3H3. The molecule has 1 unspecified atom stereocenters. The molecule has 0 nitrogen and oxygen atoms in total. The van der Waals surface area contributed by atoms with Crippen molar-refractivity contribution < 1.29 is 0 Å². The Kier molecular flexibility index (Phi) is 26.2. The van der Waals surface area contributed by atoms with Gasteiger partial charge in [-0.15, -0.1) is 11.8 Å². The van der Waals surface area contributed by atoms with Gasteiger partial charge in [-0.25, -0.2) is 0 Å². The normalized spacial score (nSPS) is 12.0. The molecule has 0 heterocycles. The molecule has 0 aromatic heterocycles. The number of hydrogen-bond acceptors (Lipinski definition) is 0. The van der Waals surface area contributed by atoms with E-state index in [1.807, 2.05) is 0 Å². The maximum absolute atomic E-state index is 3.91. The van der Waals surface area contributed by atoms with E-state index in [1.54, 1.807) is 0 Å². The Bertz CT molecular complexity index is 358. The molecule has 0 N–H and O–H groups in total. The van der Waals surface area contributed by atoms with Crippen molar-refractivity contribution in [3.8, 4) is 11.8 Å². The van der Waals surface area contributed by atoms with Gasteiger partial charge in [0.2, 0.25) is 0 Å². The lowest BCUT2D eigenvalue weighted by molar-refractivity contribution is 0.438. The van der Waals surface area contributed by atoms with E-state index in [0.717, 1.165) is 31.6 Å². The van der Waals surface area contributed by atoms with Crippen molar-refractivity contribution in [1.82, 2.24) is 0 Å². The minimum atomic E-state index is 0.911. The highest BCUT2D eigenvalue weighted by atomic mass is 14.1. The summed E-state index contributed by atoms with van der Waals surface area (Å²) in [5, 5.41) is 0. The second-order valence-corrected chi connectivity index (χ2v) is 9.61. The summed E-state index contributed by atoms with van der Waals surface area (Å²) in [7, 11) is 0. The smallest absolute Gasteiger partial charge is 0.00886 e. The fourth-order valence-corrected chi connectivity index (χ4v) is 4.21. The highest BCUT2D eigenvalue weighted by molar-refractivity contribution is 4.98. The molecule has 0 saturated carbocycles. The Balaban J connectivity index is 3.18. The van der Waals surface area contributed by atoms with Crippen molar-refractivity contribution in [2.24, 2.45) is 5.92 Å². The van der Waals surface area contributed by atoms with Crippen LogP contribution in [0.5, 0.6) is 0 Å². The highest BCUT2D eigenvalue weighted by Crippen LogP contribution is 2.18. The van der Waals surface area contributed by atoms with E-state index in [1.165, 1.54) is 128 Å². The molecule has 0 rings (SSSR count). The molecule has 0 aliphatic heterocycles. The Morgan fingerprint density at radius 1 is 0.433 bits per heavy atom. The third kappa shape index (κ3) is 25.6. The van der Waals surface area contributed by atoms with Gasteiger partial charge in [0.25, 0.3) is 0 Å². The van der Waals surface area contributed by atoms with Crippen molar-refractivity contribution in [2.45, 2.75) is 161 Å². The first-order chi connectivity index (χ1) is 14.8. The molecule has 30 heavy (non-hydrogen) atoms. The third-order valence-corrected chi connectivity index (χ3v) is 6.37. The predicted molar refractivity (Wildman–Crippen MR) is 138 cm³/mol. The maximum Gasteiger partial charge on any atom is 0.00886 e. The molecule has 0 aromatic rings. The minimum Gasteiger partial charge on any atom is -0.103 e. The summed E-state index contributed by atoms with van der Waals surface area (Å²) in [6, 6.07) is 0. The Labute approximate surface area is 192 Å². The number of hydrogen-bond donors (Lipinski definition) is 0. The van der Waals surface area contributed by atoms with Crippen molar-refractivity contribution in [3.63, 3.8) is 0 Å². The van der Waals surface area contributed by atoms with Gasteiger partial charge in [-0.05, 0) is 18.8 Å². The average Bonchev–Trinajstić information content (AvgIpc) is 2.75. The van der Waals surface area contributed by atoms with E-state index in [2.05, 4.69) is 32.6 Å². The average molecular weight is 417 g/mol. The van der Waals surface area contributed by atoms with Gasteiger partial charge in [-0.3, -0.25) is 0 Å². The van der Waals surface area contributed by atoms with Crippen LogP contribution >= 0.6 is 0 Å². The second-order valence-electron chi connectivity index (χ2n) is 9.61. The van der Waals surface area contributed by atoms with Gasteiger partial charge >= 0.3 is 0 Å². The van der Waals surface area contributed by atoms with E-state index >= 15 is 0 Å². The van der Waals surface area contributed by atoms with Crippen LogP contribution in [0.15, 0.2) is 0 Å². The summed E-state index contributed by atoms with van der Waals surface area (Å²) in [5.41, 5.74) is 0. The molecule has 0 heteroatoms. The largest absolute Gasteiger partial charge is 0.103 e. The van der Waals surface area contributed by atoms with Gasteiger partial charge < -0.3 is 0 Å². The van der Waals surface area contributed by atoms with E-state index in [4.69, 9.17) is 0 Å². The summed E-state index contributed by atoms with van der Waals surface area (Å²) in [6.45, 7) is 10.2. The zero-order chi connectivity index (χ0) is 22.0. The van der Waals surface area contributed by atoms with Crippen molar-refractivity contribution >= 4 is 0 Å². The van der Waals surface area contributed by atoms with E-state index < -0.39 is 0 Å². The summed E-state index contributed by atoms with van der Waals surface area (Å²) < 4.78 is 0. The fourth-order valence-electron chi connectivity index (χ4n) is 4.21. The van der Waals surface area contributed by atoms with Crippen molar-refractivity contribution in [1.29, 1.82) is 0 Å². The number of rotatable bonds is 23. The van der Waals surface area contributed by atoms with Crippen LogP contribution in [0.3, 0.4) is 0 Å². The van der Waals surface area contributed by atoms with Crippen molar-refractivity contribution in [2.75, 3.05) is 0 Å². The summed E-state index contributed by atoms with van der Waals surface area (Å²) in [4.78, 5) is 0. The maximum atomic E-state index is 3.91. The van der Waals surface area contributed by atoms with Crippen LogP contribution < -0.4 is 0 Å². The molecular formula is C30H56. The van der Waals surface area contributed by atoms with Crippen LogP contribution in [0, 0.1) is 31.6 Å². The quantitative estimate of drug-likeness (QED) is 0.115. The van der Waals surface area contributed by atoms with Crippen LogP contribution in [0.1, 0.15) is 161 Å². The van der Waals surface area contributed by atoms with E-state index in [9.17, 15) is 0 Å². The zero-order valence-electron chi connectivity index (χ0n) is 21.0.